The zero-order valence-corrected chi connectivity index (χ0v) is 11.7. The quantitative estimate of drug-likeness (QED) is 0.819. The number of rotatable bonds is 6. The highest BCUT2D eigenvalue weighted by atomic mass is 79.9. The Kier molecular flexibility index (Phi) is 5.87. The highest BCUT2D eigenvalue weighted by Gasteiger charge is 2.04. The van der Waals surface area contributed by atoms with E-state index < -0.39 is 0 Å². The summed E-state index contributed by atoms with van der Waals surface area (Å²) < 4.78 is 1.01. The lowest BCUT2D eigenvalue weighted by atomic mass is 10.2. The third kappa shape index (κ3) is 5.01. The Morgan fingerprint density at radius 3 is 2.88 bits per heavy atom. The number of nitrogens with zero attached hydrogens (tertiary/aromatic N) is 2. The van der Waals surface area contributed by atoms with Gasteiger partial charge in [-0.2, -0.15) is 0 Å². The molecule has 0 radical (unpaired) electrons. The molecule has 2 N–H and O–H groups in total. The third-order valence-corrected chi connectivity index (χ3v) is 2.93. The predicted octanol–water partition coefficient (Wildman–Crippen LogP) is 2.34. The molecule has 0 saturated carbocycles. The molecule has 5 heteroatoms. The van der Waals surface area contributed by atoms with Crippen molar-refractivity contribution in [1.82, 2.24) is 9.88 Å². The van der Waals surface area contributed by atoms with Gasteiger partial charge in [0.1, 0.15) is 0 Å². The van der Waals surface area contributed by atoms with E-state index in [0.29, 0.717) is 4.99 Å². The molecule has 0 aliphatic heterocycles. The van der Waals surface area contributed by atoms with Gasteiger partial charge in [-0.15, -0.1) is 0 Å². The minimum atomic E-state index is 0.575. The summed E-state index contributed by atoms with van der Waals surface area (Å²) in [5.74, 6) is 0. The highest BCUT2D eigenvalue weighted by Crippen LogP contribution is 2.11. The average molecular weight is 302 g/mol. The van der Waals surface area contributed by atoms with Gasteiger partial charge in [0.15, 0.2) is 0 Å². The molecule has 0 fully saturated rings. The van der Waals surface area contributed by atoms with Crippen LogP contribution in [-0.2, 0) is 6.54 Å². The van der Waals surface area contributed by atoms with Crippen molar-refractivity contribution < 1.29 is 0 Å². The van der Waals surface area contributed by atoms with Crippen LogP contribution >= 0.6 is 28.1 Å². The minimum Gasteiger partial charge on any atom is -0.393 e. The first-order valence-electron chi connectivity index (χ1n) is 5.22. The molecule has 1 aromatic rings. The van der Waals surface area contributed by atoms with Gasteiger partial charge in [-0.05, 0) is 34.1 Å². The van der Waals surface area contributed by atoms with Gasteiger partial charge in [-0.25, -0.2) is 0 Å². The average Bonchev–Trinajstić information content (AvgIpc) is 2.24. The minimum absolute atomic E-state index is 0.575. The van der Waals surface area contributed by atoms with Crippen molar-refractivity contribution in [3.05, 3.63) is 28.5 Å². The number of hydrogen-bond donors (Lipinski definition) is 1. The maximum atomic E-state index is 5.50. The lowest BCUT2D eigenvalue weighted by Crippen LogP contribution is -2.27. The Morgan fingerprint density at radius 1 is 1.56 bits per heavy atom. The molecule has 0 unspecified atom stereocenters. The molecule has 16 heavy (non-hydrogen) atoms. The monoisotopic (exact) mass is 301 g/mol. The van der Waals surface area contributed by atoms with Crippen molar-refractivity contribution >= 4 is 33.1 Å². The number of thiocarbonyl (C=S) groups is 1. The smallest absolute Gasteiger partial charge is 0.0740 e. The Morgan fingerprint density at radius 2 is 2.31 bits per heavy atom. The van der Waals surface area contributed by atoms with Gasteiger partial charge in [0.05, 0.1) is 4.99 Å². The van der Waals surface area contributed by atoms with Crippen LogP contribution < -0.4 is 5.73 Å². The van der Waals surface area contributed by atoms with E-state index in [2.05, 4.69) is 38.8 Å². The van der Waals surface area contributed by atoms with Gasteiger partial charge in [-0.1, -0.05) is 19.1 Å². The molecule has 0 spiro atoms. The van der Waals surface area contributed by atoms with E-state index >= 15 is 0 Å². The molecule has 0 amide bonds. The van der Waals surface area contributed by atoms with Crippen LogP contribution in [0.4, 0.5) is 0 Å². The van der Waals surface area contributed by atoms with Crippen molar-refractivity contribution in [2.45, 2.75) is 19.9 Å². The number of pyridine rings is 1. The molecule has 0 aliphatic carbocycles. The normalized spacial score (nSPS) is 10.7. The number of nitrogens with two attached hydrogens (primary N) is 1. The standard InChI is InChI=1S/C11H16BrN3S/c1-2-15(4-3-11(13)16)8-9-5-10(12)7-14-6-9/h5-7H,2-4,8H2,1H3,(H2,13,16). The van der Waals surface area contributed by atoms with Crippen molar-refractivity contribution in [3.63, 3.8) is 0 Å². The van der Waals surface area contributed by atoms with Crippen molar-refractivity contribution in [2.75, 3.05) is 13.1 Å². The second kappa shape index (κ2) is 6.93. The highest BCUT2D eigenvalue weighted by molar-refractivity contribution is 9.10. The third-order valence-electron chi connectivity index (χ3n) is 2.29. The summed E-state index contributed by atoms with van der Waals surface area (Å²) >= 11 is 8.29. The molecule has 0 aliphatic rings. The molecule has 1 rings (SSSR count). The zero-order chi connectivity index (χ0) is 12.0. The van der Waals surface area contributed by atoms with Crippen LogP contribution in [0.5, 0.6) is 0 Å². The number of aromatic nitrogens is 1. The molecule has 0 aromatic carbocycles. The van der Waals surface area contributed by atoms with Crippen LogP contribution in [0, 0.1) is 0 Å². The molecule has 1 aromatic heterocycles. The van der Waals surface area contributed by atoms with Gasteiger partial charge in [0.25, 0.3) is 0 Å². The fraction of sp³-hybridized carbons (Fsp3) is 0.455. The van der Waals surface area contributed by atoms with Gasteiger partial charge in [0, 0.05) is 36.4 Å². The summed E-state index contributed by atoms with van der Waals surface area (Å²) in [6.45, 7) is 4.89. The summed E-state index contributed by atoms with van der Waals surface area (Å²) in [6.07, 6.45) is 4.44. The first-order chi connectivity index (χ1) is 7.61. The van der Waals surface area contributed by atoms with Gasteiger partial charge >= 0.3 is 0 Å². The molecule has 0 saturated heterocycles. The molecular weight excluding hydrogens is 286 g/mol. The van der Waals surface area contributed by atoms with Crippen LogP contribution in [0.25, 0.3) is 0 Å². The van der Waals surface area contributed by atoms with Gasteiger partial charge in [0.2, 0.25) is 0 Å². The molecule has 3 nitrogen and oxygen atoms in total. The fourth-order valence-corrected chi connectivity index (χ4v) is 1.92. The molecule has 0 atom stereocenters. The number of hydrogen-bond acceptors (Lipinski definition) is 3. The summed E-state index contributed by atoms with van der Waals surface area (Å²) in [6, 6.07) is 2.08. The lowest BCUT2D eigenvalue weighted by Gasteiger charge is -2.19. The van der Waals surface area contributed by atoms with Crippen LogP contribution in [0.3, 0.4) is 0 Å². The molecule has 0 bridgehead atoms. The van der Waals surface area contributed by atoms with Crippen molar-refractivity contribution in [1.29, 1.82) is 0 Å². The first kappa shape index (κ1) is 13.5. The van der Waals surface area contributed by atoms with Crippen LogP contribution in [0.1, 0.15) is 18.9 Å². The lowest BCUT2D eigenvalue weighted by molar-refractivity contribution is 0.288. The van der Waals surface area contributed by atoms with Crippen LogP contribution in [0.2, 0.25) is 0 Å². The first-order valence-corrected chi connectivity index (χ1v) is 6.42. The fourth-order valence-electron chi connectivity index (χ4n) is 1.42. The van der Waals surface area contributed by atoms with E-state index in [4.69, 9.17) is 18.0 Å². The Labute approximate surface area is 110 Å². The Hall–Kier alpha value is -0.520. The van der Waals surface area contributed by atoms with E-state index in [1.54, 1.807) is 6.20 Å². The Bertz CT molecular complexity index is 357. The van der Waals surface area contributed by atoms with E-state index in [-0.39, 0.29) is 0 Å². The second-order valence-corrected chi connectivity index (χ2v) is 5.04. The number of halogens is 1. The summed E-state index contributed by atoms with van der Waals surface area (Å²) in [5, 5.41) is 0. The van der Waals surface area contributed by atoms with E-state index in [1.165, 1.54) is 5.56 Å². The predicted molar refractivity (Wildman–Crippen MR) is 74.3 cm³/mol. The summed E-state index contributed by atoms with van der Waals surface area (Å²) in [5.41, 5.74) is 6.69. The van der Waals surface area contributed by atoms with E-state index in [0.717, 1.165) is 30.5 Å². The zero-order valence-electron chi connectivity index (χ0n) is 9.32. The summed E-state index contributed by atoms with van der Waals surface area (Å²) in [7, 11) is 0. The van der Waals surface area contributed by atoms with Crippen LogP contribution in [-0.4, -0.2) is 28.0 Å². The SMILES string of the molecule is CCN(CCC(N)=S)Cc1cncc(Br)c1. The maximum Gasteiger partial charge on any atom is 0.0740 e. The van der Waals surface area contributed by atoms with E-state index in [1.807, 2.05) is 6.20 Å². The Balaban J connectivity index is 2.52. The van der Waals surface area contributed by atoms with Gasteiger partial charge < -0.3 is 5.73 Å². The van der Waals surface area contributed by atoms with E-state index in [9.17, 15) is 0 Å². The van der Waals surface area contributed by atoms with Crippen molar-refractivity contribution in [2.24, 2.45) is 5.73 Å². The molecular formula is C11H16BrN3S. The second-order valence-electron chi connectivity index (χ2n) is 3.60. The summed E-state index contributed by atoms with van der Waals surface area (Å²) in [4.78, 5) is 7.01. The van der Waals surface area contributed by atoms with Crippen molar-refractivity contribution in [3.8, 4) is 0 Å². The topological polar surface area (TPSA) is 42.1 Å². The molecule has 1 heterocycles. The van der Waals surface area contributed by atoms with Crippen LogP contribution in [0.15, 0.2) is 22.9 Å². The maximum absolute atomic E-state index is 5.50. The van der Waals surface area contributed by atoms with Gasteiger partial charge in [-0.3, -0.25) is 9.88 Å². The molecule has 88 valence electrons. The largest absolute Gasteiger partial charge is 0.393 e.